The normalized spacial score (nSPS) is 14.6. The van der Waals surface area contributed by atoms with Gasteiger partial charge in [0.2, 0.25) is 0 Å². The highest BCUT2D eigenvalue weighted by Gasteiger charge is 2.24. The van der Waals surface area contributed by atoms with E-state index in [2.05, 4.69) is 4.98 Å². The van der Waals surface area contributed by atoms with E-state index in [4.69, 9.17) is 0 Å². The van der Waals surface area contributed by atoms with E-state index in [1.165, 1.54) is 10.5 Å². The number of hydrogen-bond acceptors (Lipinski definition) is 3. The fraction of sp³-hybridized carbons (Fsp3) is 0.235. The van der Waals surface area contributed by atoms with Gasteiger partial charge in [0.1, 0.15) is 5.56 Å². The summed E-state index contributed by atoms with van der Waals surface area (Å²) in [6.07, 6.45) is 3.96. The molecule has 1 aromatic carbocycles. The Morgan fingerprint density at radius 3 is 2.77 bits per heavy atom. The topological polar surface area (TPSA) is 71.7 Å². The maximum Gasteiger partial charge on any atom is 0.339 e. The third kappa shape index (κ3) is 1.89. The molecular weight excluding hydrogens is 280 g/mol. The van der Waals surface area contributed by atoms with E-state index in [9.17, 15) is 14.7 Å². The molecule has 0 saturated heterocycles. The minimum absolute atomic E-state index is 0.0465. The summed E-state index contributed by atoms with van der Waals surface area (Å²) < 4.78 is 1.35. The van der Waals surface area contributed by atoms with Crippen LogP contribution in [0.2, 0.25) is 0 Å². The minimum atomic E-state index is -1.08. The Balaban J connectivity index is 2.13. The summed E-state index contributed by atoms with van der Waals surface area (Å²) in [4.78, 5) is 28.6. The van der Waals surface area contributed by atoms with Gasteiger partial charge in [0.15, 0.2) is 5.65 Å². The molecule has 0 spiro atoms. The quantitative estimate of drug-likeness (QED) is 0.738. The molecule has 0 amide bonds. The number of aromatic nitrogens is 2. The number of aryl methyl sites for hydroxylation is 1. The van der Waals surface area contributed by atoms with Crippen molar-refractivity contribution in [1.29, 1.82) is 0 Å². The summed E-state index contributed by atoms with van der Waals surface area (Å²) >= 11 is 0. The Hall–Kier alpha value is -2.69. The molecule has 22 heavy (non-hydrogen) atoms. The predicted molar refractivity (Wildman–Crippen MR) is 82.6 cm³/mol. The number of benzene rings is 1. The van der Waals surface area contributed by atoms with Crippen molar-refractivity contribution < 1.29 is 9.90 Å². The van der Waals surface area contributed by atoms with E-state index in [0.29, 0.717) is 22.4 Å². The molecule has 5 heteroatoms. The molecule has 2 aromatic heterocycles. The van der Waals surface area contributed by atoms with Gasteiger partial charge in [-0.05, 0) is 55.0 Å². The molecule has 1 saturated carbocycles. The lowest BCUT2D eigenvalue weighted by Crippen LogP contribution is -2.18. The van der Waals surface area contributed by atoms with Crippen molar-refractivity contribution in [2.75, 3.05) is 0 Å². The molecule has 0 unspecified atom stereocenters. The van der Waals surface area contributed by atoms with Gasteiger partial charge in [0.25, 0.3) is 5.56 Å². The van der Waals surface area contributed by atoms with Crippen LogP contribution in [0.15, 0.2) is 35.3 Å². The van der Waals surface area contributed by atoms with Crippen molar-refractivity contribution in [3.05, 3.63) is 57.5 Å². The second-order valence-corrected chi connectivity index (χ2v) is 5.90. The SMILES string of the molecule is Cc1cc(C(=O)O)c2nc3ccc(C4CC4)cc3c(=O)n2c1. The first-order valence-corrected chi connectivity index (χ1v) is 7.24. The zero-order valence-electron chi connectivity index (χ0n) is 12.0. The summed E-state index contributed by atoms with van der Waals surface area (Å²) in [5.74, 6) is -0.529. The van der Waals surface area contributed by atoms with Crippen LogP contribution in [0.3, 0.4) is 0 Å². The first kappa shape index (κ1) is 13.0. The number of hydrogen-bond donors (Lipinski definition) is 1. The van der Waals surface area contributed by atoms with Crippen molar-refractivity contribution in [1.82, 2.24) is 9.38 Å². The van der Waals surface area contributed by atoms with Crippen LogP contribution in [0.25, 0.3) is 16.6 Å². The van der Waals surface area contributed by atoms with Crippen molar-refractivity contribution in [2.24, 2.45) is 0 Å². The molecule has 0 atom stereocenters. The van der Waals surface area contributed by atoms with Crippen LogP contribution in [-0.4, -0.2) is 20.5 Å². The molecular formula is C17H14N2O3. The Kier molecular flexibility index (Phi) is 2.60. The lowest BCUT2D eigenvalue weighted by atomic mass is 10.1. The van der Waals surface area contributed by atoms with Gasteiger partial charge in [-0.15, -0.1) is 0 Å². The molecule has 3 aromatic rings. The largest absolute Gasteiger partial charge is 0.478 e. The van der Waals surface area contributed by atoms with E-state index < -0.39 is 5.97 Å². The highest BCUT2D eigenvalue weighted by atomic mass is 16.4. The van der Waals surface area contributed by atoms with Gasteiger partial charge in [-0.1, -0.05) is 6.07 Å². The fourth-order valence-corrected chi connectivity index (χ4v) is 2.89. The first-order chi connectivity index (χ1) is 10.5. The molecule has 2 heterocycles. The Labute approximate surface area is 125 Å². The Morgan fingerprint density at radius 1 is 1.32 bits per heavy atom. The molecule has 1 aliphatic rings. The summed E-state index contributed by atoms with van der Waals surface area (Å²) in [6, 6.07) is 7.24. The van der Waals surface area contributed by atoms with Gasteiger partial charge in [-0.3, -0.25) is 9.20 Å². The molecule has 0 aliphatic heterocycles. The molecule has 1 N–H and O–H groups in total. The van der Waals surface area contributed by atoms with Gasteiger partial charge >= 0.3 is 5.97 Å². The molecule has 110 valence electrons. The third-order valence-corrected chi connectivity index (χ3v) is 4.15. The highest BCUT2D eigenvalue weighted by Crippen LogP contribution is 2.40. The third-order valence-electron chi connectivity index (χ3n) is 4.15. The minimum Gasteiger partial charge on any atom is -0.478 e. The lowest BCUT2D eigenvalue weighted by Gasteiger charge is -2.08. The standard InChI is InChI=1S/C17H14N2O3/c1-9-6-13(17(21)22)15-18-14-5-4-11(10-2-3-10)7-12(14)16(20)19(15)8-9/h4-8,10H,2-3H2,1H3,(H,21,22). The Morgan fingerprint density at radius 2 is 2.09 bits per heavy atom. The molecule has 0 bridgehead atoms. The summed E-state index contributed by atoms with van der Waals surface area (Å²) in [5, 5.41) is 9.89. The van der Waals surface area contributed by atoms with E-state index in [1.54, 1.807) is 13.1 Å². The van der Waals surface area contributed by atoms with Crippen LogP contribution < -0.4 is 5.56 Å². The van der Waals surface area contributed by atoms with Crippen molar-refractivity contribution >= 4 is 22.5 Å². The summed E-state index contributed by atoms with van der Waals surface area (Å²) in [7, 11) is 0. The lowest BCUT2D eigenvalue weighted by molar-refractivity contribution is 0.0698. The number of pyridine rings is 1. The number of carboxylic acids is 1. The van der Waals surface area contributed by atoms with Gasteiger partial charge in [-0.25, -0.2) is 9.78 Å². The highest BCUT2D eigenvalue weighted by molar-refractivity contribution is 5.95. The first-order valence-electron chi connectivity index (χ1n) is 7.24. The van der Waals surface area contributed by atoms with E-state index in [1.807, 2.05) is 18.2 Å². The summed E-state index contributed by atoms with van der Waals surface area (Å²) in [5.41, 5.74) is 2.44. The van der Waals surface area contributed by atoms with Crippen molar-refractivity contribution in [3.8, 4) is 0 Å². The maximum absolute atomic E-state index is 12.7. The van der Waals surface area contributed by atoms with E-state index >= 15 is 0 Å². The van der Waals surface area contributed by atoms with E-state index in [-0.39, 0.29) is 16.8 Å². The molecule has 1 aliphatic carbocycles. The molecule has 1 fully saturated rings. The van der Waals surface area contributed by atoms with Gasteiger partial charge in [-0.2, -0.15) is 0 Å². The second kappa shape index (κ2) is 4.40. The number of nitrogens with zero attached hydrogens (tertiary/aromatic N) is 2. The number of carbonyl (C=O) groups is 1. The van der Waals surface area contributed by atoms with Crippen LogP contribution in [0, 0.1) is 6.92 Å². The van der Waals surface area contributed by atoms with Gasteiger partial charge < -0.3 is 5.11 Å². The van der Waals surface area contributed by atoms with E-state index in [0.717, 1.165) is 18.4 Å². The van der Waals surface area contributed by atoms with Crippen molar-refractivity contribution in [2.45, 2.75) is 25.7 Å². The van der Waals surface area contributed by atoms with Gasteiger partial charge in [0, 0.05) is 6.20 Å². The number of fused-ring (bicyclic) bond motifs is 2. The summed E-state index contributed by atoms with van der Waals surface area (Å²) in [6.45, 7) is 1.77. The zero-order valence-corrected chi connectivity index (χ0v) is 12.0. The number of aromatic carboxylic acids is 1. The Bertz CT molecular complexity index is 1000. The smallest absolute Gasteiger partial charge is 0.339 e. The van der Waals surface area contributed by atoms with Crippen LogP contribution in [0.1, 0.15) is 40.2 Å². The monoisotopic (exact) mass is 294 g/mol. The van der Waals surface area contributed by atoms with Crippen LogP contribution >= 0.6 is 0 Å². The average molecular weight is 294 g/mol. The second-order valence-electron chi connectivity index (χ2n) is 5.90. The predicted octanol–water partition coefficient (Wildman–Crippen LogP) is 2.73. The van der Waals surface area contributed by atoms with Crippen LogP contribution in [0.5, 0.6) is 0 Å². The maximum atomic E-state index is 12.7. The number of carboxylic acid groups (broad SMARTS) is 1. The number of rotatable bonds is 2. The molecule has 5 nitrogen and oxygen atoms in total. The van der Waals surface area contributed by atoms with Crippen LogP contribution in [-0.2, 0) is 0 Å². The van der Waals surface area contributed by atoms with Crippen molar-refractivity contribution in [3.63, 3.8) is 0 Å². The van der Waals surface area contributed by atoms with Crippen LogP contribution in [0.4, 0.5) is 0 Å². The molecule has 0 radical (unpaired) electrons. The fourth-order valence-electron chi connectivity index (χ4n) is 2.89. The molecule has 4 rings (SSSR count). The van der Waals surface area contributed by atoms with Gasteiger partial charge in [0.05, 0.1) is 10.9 Å². The average Bonchev–Trinajstić information content (AvgIpc) is 3.32. The zero-order chi connectivity index (χ0) is 15.4.